The van der Waals surface area contributed by atoms with E-state index >= 15 is 0 Å². The Bertz CT molecular complexity index is 1000. The quantitative estimate of drug-likeness (QED) is 0.0213. The third-order valence-electron chi connectivity index (χ3n) is 7.82. The van der Waals surface area contributed by atoms with Crippen molar-refractivity contribution in [2.75, 3.05) is 40.9 Å². The summed E-state index contributed by atoms with van der Waals surface area (Å²) in [7, 11) is 1.17. The molecule has 9 nitrogen and oxygen atoms in total. The Morgan fingerprint density at radius 3 is 2.20 bits per heavy atom. The van der Waals surface area contributed by atoms with Gasteiger partial charge < -0.3 is 34.0 Å². The van der Waals surface area contributed by atoms with Crippen LogP contribution < -0.4 is 10.2 Å². The largest absolute Gasteiger partial charge is 0.756 e. The first kappa shape index (κ1) is 47.2. The Morgan fingerprint density at radius 1 is 0.796 bits per heavy atom. The van der Waals surface area contributed by atoms with Crippen LogP contribution >= 0.6 is 7.82 Å². The summed E-state index contributed by atoms with van der Waals surface area (Å²) in [6.07, 6.45) is 34.3. The molecule has 0 radical (unpaired) electrons. The zero-order chi connectivity index (χ0) is 36.6. The van der Waals surface area contributed by atoms with Crippen molar-refractivity contribution in [1.82, 2.24) is 5.32 Å². The Balaban J connectivity index is 4.69. The second kappa shape index (κ2) is 30.9. The summed E-state index contributed by atoms with van der Waals surface area (Å²) in [5, 5.41) is 23.7. The summed E-state index contributed by atoms with van der Waals surface area (Å²) < 4.78 is 23.0. The summed E-state index contributed by atoms with van der Waals surface area (Å²) in [6.45, 7) is 4.34. The van der Waals surface area contributed by atoms with Crippen LogP contribution in [0.3, 0.4) is 0 Å². The Morgan fingerprint density at radius 2 is 1.47 bits per heavy atom. The number of rotatable bonds is 32. The van der Waals surface area contributed by atoms with E-state index in [4.69, 9.17) is 9.05 Å². The molecule has 0 aromatic carbocycles. The van der Waals surface area contributed by atoms with Gasteiger partial charge in [0.2, 0.25) is 5.91 Å². The lowest BCUT2D eigenvalue weighted by molar-refractivity contribution is -0.870. The SMILES string of the molecule is CC/C=C/C/C=C/C=C/C(O)CCCCCCCC(=O)N[C@@H](COP(=O)([O-])OCC[N+](C)(C)C)[C@H](O)/C=C/CC/C=C\CCCCCCC. The fourth-order valence-corrected chi connectivity index (χ4v) is 5.48. The maximum atomic E-state index is 12.8. The third-order valence-corrected chi connectivity index (χ3v) is 8.78. The van der Waals surface area contributed by atoms with Gasteiger partial charge in [-0.15, -0.1) is 0 Å². The van der Waals surface area contributed by atoms with Crippen LogP contribution in [0.1, 0.15) is 123 Å². The van der Waals surface area contributed by atoms with E-state index in [1.807, 2.05) is 45.4 Å². The van der Waals surface area contributed by atoms with Crippen LogP contribution in [0.2, 0.25) is 0 Å². The molecule has 0 saturated heterocycles. The van der Waals surface area contributed by atoms with Crippen molar-refractivity contribution in [2.45, 2.75) is 141 Å². The van der Waals surface area contributed by atoms with E-state index in [9.17, 15) is 24.5 Å². The van der Waals surface area contributed by atoms with Crippen molar-refractivity contribution in [2.24, 2.45) is 0 Å². The zero-order valence-electron chi connectivity index (χ0n) is 31.5. The highest BCUT2D eigenvalue weighted by molar-refractivity contribution is 7.45. The average molecular weight is 711 g/mol. The minimum Gasteiger partial charge on any atom is -0.756 e. The van der Waals surface area contributed by atoms with Crippen LogP contribution in [0, 0.1) is 0 Å². The lowest BCUT2D eigenvalue weighted by atomic mass is 10.1. The standard InChI is InChI=1S/C39H71N2O7P/c1-6-8-10-12-14-15-16-17-19-23-27-31-38(43)37(35-48-49(45,46)47-34-33-41(3,4)5)40-39(44)32-28-24-20-22-26-30-36(42)29-25-21-18-13-11-9-7-2/h9,11,16-18,21,25,27,29,31,36-38,42-43H,6-8,10,12-15,19-20,22-24,26,28,30,32-35H2,1-5H3,(H-,40,44,45,46)/b11-9+,17-16-,21-18+,29-25+,31-27+/t36?,37-,38+/m0/s1. The zero-order valence-corrected chi connectivity index (χ0v) is 32.4. The highest BCUT2D eigenvalue weighted by Crippen LogP contribution is 2.38. The average Bonchev–Trinajstić information content (AvgIpc) is 3.03. The number of nitrogens with zero attached hydrogens (tertiary/aromatic N) is 1. The molecule has 0 saturated carbocycles. The molecule has 0 aliphatic heterocycles. The molecular formula is C39H71N2O7P. The van der Waals surface area contributed by atoms with E-state index in [1.54, 1.807) is 6.08 Å². The highest BCUT2D eigenvalue weighted by atomic mass is 31.2. The van der Waals surface area contributed by atoms with Crippen molar-refractivity contribution in [3.63, 3.8) is 0 Å². The number of hydrogen-bond acceptors (Lipinski definition) is 7. The maximum Gasteiger partial charge on any atom is 0.268 e. The second-order valence-corrected chi connectivity index (χ2v) is 15.1. The Hall–Kier alpha value is -1.84. The van der Waals surface area contributed by atoms with Gasteiger partial charge in [-0.05, 0) is 51.4 Å². The molecule has 49 heavy (non-hydrogen) atoms. The predicted molar refractivity (Wildman–Crippen MR) is 202 cm³/mol. The first-order chi connectivity index (χ1) is 23.4. The van der Waals surface area contributed by atoms with E-state index in [1.165, 1.54) is 32.1 Å². The minimum absolute atomic E-state index is 0.0276. The summed E-state index contributed by atoms with van der Waals surface area (Å²) in [5.74, 6) is -0.270. The number of likely N-dealkylation sites (N-methyl/N-ethyl adjacent to an activating group) is 1. The molecule has 3 N–H and O–H groups in total. The Labute approximate surface area is 299 Å². The molecule has 0 aromatic heterocycles. The van der Waals surface area contributed by atoms with E-state index in [0.717, 1.165) is 57.8 Å². The van der Waals surface area contributed by atoms with Gasteiger partial charge in [0.05, 0.1) is 46.0 Å². The number of aliphatic hydroxyl groups excluding tert-OH is 2. The fourth-order valence-electron chi connectivity index (χ4n) is 4.76. The number of amides is 1. The highest BCUT2D eigenvalue weighted by Gasteiger charge is 2.23. The van der Waals surface area contributed by atoms with E-state index in [-0.39, 0.29) is 18.9 Å². The van der Waals surface area contributed by atoms with Gasteiger partial charge in [-0.2, -0.15) is 0 Å². The summed E-state index contributed by atoms with van der Waals surface area (Å²) in [4.78, 5) is 25.1. The van der Waals surface area contributed by atoms with Crippen LogP contribution in [0.5, 0.6) is 0 Å². The van der Waals surface area contributed by atoms with Gasteiger partial charge in [0.1, 0.15) is 13.2 Å². The lowest BCUT2D eigenvalue weighted by Crippen LogP contribution is -2.45. The van der Waals surface area contributed by atoms with Crippen LogP contribution in [0.4, 0.5) is 0 Å². The monoisotopic (exact) mass is 710 g/mol. The van der Waals surface area contributed by atoms with Crippen LogP contribution in [0.25, 0.3) is 0 Å². The van der Waals surface area contributed by atoms with Crippen molar-refractivity contribution in [1.29, 1.82) is 0 Å². The maximum absolute atomic E-state index is 12.8. The first-order valence-corrected chi connectivity index (χ1v) is 20.2. The van der Waals surface area contributed by atoms with Gasteiger partial charge in [-0.25, -0.2) is 0 Å². The summed E-state index contributed by atoms with van der Waals surface area (Å²) >= 11 is 0. The molecule has 0 bridgehead atoms. The van der Waals surface area contributed by atoms with E-state index < -0.39 is 32.7 Å². The van der Waals surface area contributed by atoms with Crippen molar-refractivity contribution in [3.05, 3.63) is 60.8 Å². The number of carbonyl (C=O) groups excluding carboxylic acids is 1. The minimum atomic E-state index is -4.61. The van der Waals surface area contributed by atoms with Gasteiger partial charge in [-0.1, -0.05) is 126 Å². The number of quaternary nitrogens is 1. The van der Waals surface area contributed by atoms with Crippen molar-refractivity contribution < 1.29 is 38.0 Å². The number of phosphoric ester groups is 1. The second-order valence-electron chi connectivity index (χ2n) is 13.7. The molecule has 0 fully saturated rings. The molecule has 0 aliphatic carbocycles. The first-order valence-electron chi connectivity index (χ1n) is 18.8. The number of allylic oxidation sites excluding steroid dienone is 8. The van der Waals surface area contributed by atoms with E-state index in [0.29, 0.717) is 23.9 Å². The van der Waals surface area contributed by atoms with Crippen LogP contribution in [0.15, 0.2) is 60.8 Å². The molecule has 1 amide bonds. The number of nitrogens with one attached hydrogen (secondary N) is 1. The number of aliphatic hydroxyl groups is 2. The number of phosphoric acid groups is 1. The van der Waals surface area contributed by atoms with Gasteiger partial charge in [-0.3, -0.25) is 9.36 Å². The molecule has 0 rings (SSSR count). The molecule has 0 aliphatic rings. The molecule has 0 spiro atoms. The number of carbonyl (C=O) groups is 1. The van der Waals surface area contributed by atoms with Gasteiger partial charge in [0.25, 0.3) is 7.82 Å². The third kappa shape index (κ3) is 33.1. The summed E-state index contributed by atoms with van der Waals surface area (Å²) in [6, 6.07) is -0.941. The molecule has 4 atom stereocenters. The molecule has 0 aromatic rings. The van der Waals surface area contributed by atoms with Gasteiger partial charge in [0, 0.05) is 6.42 Å². The van der Waals surface area contributed by atoms with Crippen LogP contribution in [-0.2, 0) is 18.4 Å². The topological polar surface area (TPSA) is 128 Å². The molecule has 10 heteroatoms. The lowest BCUT2D eigenvalue weighted by Gasteiger charge is -2.29. The van der Waals surface area contributed by atoms with Gasteiger partial charge in [0.15, 0.2) is 0 Å². The van der Waals surface area contributed by atoms with Crippen LogP contribution in [-0.4, -0.2) is 79.8 Å². The Kier molecular flexibility index (Phi) is 29.8. The molecular weight excluding hydrogens is 639 g/mol. The van der Waals surface area contributed by atoms with Crippen molar-refractivity contribution in [3.8, 4) is 0 Å². The summed E-state index contributed by atoms with van der Waals surface area (Å²) in [5.41, 5.74) is 0. The molecule has 284 valence electrons. The number of unbranched alkanes of at least 4 members (excludes halogenated alkanes) is 10. The smallest absolute Gasteiger partial charge is 0.268 e. The predicted octanol–water partition coefficient (Wildman–Crippen LogP) is 7.85. The normalized spacial score (nSPS) is 16.0. The molecule has 2 unspecified atom stereocenters. The number of hydrogen-bond donors (Lipinski definition) is 3. The fraction of sp³-hybridized carbons (Fsp3) is 0.718. The van der Waals surface area contributed by atoms with E-state index in [2.05, 4.69) is 49.5 Å². The molecule has 0 heterocycles. The van der Waals surface area contributed by atoms with Crippen molar-refractivity contribution >= 4 is 13.7 Å². The van der Waals surface area contributed by atoms with Gasteiger partial charge >= 0.3 is 0 Å².